The Morgan fingerprint density at radius 1 is 1.45 bits per heavy atom. The summed E-state index contributed by atoms with van der Waals surface area (Å²) in [6.07, 6.45) is 9.60. The van der Waals surface area contributed by atoms with Crippen molar-refractivity contribution in [2.45, 2.75) is 20.3 Å². The van der Waals surface area contributed by atoms with Crippen molar-refractivity contribution < 1.29 is 0 Å². The Bertz CT molecular complexity index is 199. The molecule has 1 aliphatic rings. The normalized spacial score (nSPS) is 24.3. The standard InChI is InChI=1S/C10H14S/c1-8(2)9-4-3-5-10(11)7-6-9/h3,5-9H,4H2,1-2H3. The van der Waals surface area contributed by atoms with Crippen molar-refractivity contribution in [1.29, 1.82) is 0 Å². The first-order chi connectivity index (χ1) is 5.20. The van der Waals surface area contributed by atoms with Gasteiger partial charge in [-0.15, -0.1) is 0 Å². The van der Waals surface area contributed by atoms with Gasteiger partial charge >= 0.3 is 0 Å². The molecule has 1 rings (SSSR count). The van der Waals surface area contributed by atoms with Gasteiger partial charge in [-0.05, 0) is 30.4 Å². The van der Waals surface area contributed by atoms with Crippen LogP contribution in [0.4, 0.5) is 0 Å². The van der Waals surface area contributed by atoms with Crippen molar-refractivity contribution >= 4 is 17.1 Å². The van der Waals surface area contributed by atoms with Crippen molar-refractivity contribution in [3.8, 4) is 0 Å². The fraction of sp³-hybridized carbons (Fsp3) is 0.500. The predicted octanol–water partition coefficient (Wildman–Crippen LogP) is 3.14. The Hall–Kier alpha value is -0.430. The summed E-state index contributed by atoms with van der Waals surface area (Å²) in [7, 11) is 0. The van der Waals surface area contributed by atoms with Gasteiger partial charge in [0.25, 0.3) is 0 Å². The van der Waals surface area contributed by atoms with Crippen LogP contribution in [-0.4, -0.2) is 4.86 Å². The van der Waals surface area contributed by atoms with Crippen LogP contribution in [0.15, 0.2) is 24.3 Å². The minimum absolute atomic E-state index is 0.673. The molecule has 0 saturated carbocycles. The van der Waals surface area contributed by atoms with Gasteiger partial charge in [0, 0.05) is 4.86 Å². The second-order valence-electron chi connectivity index (χ2n) is 3.31. The summed E-state index contributed by atoms with van der Waals surface area (Å²) in [5, 5.41) is 0. The number of allylic oxidation sites excluding steroid dienone is 4. The van der Waals surface area contributed by atoms with E-state index in [4.69, 9.17) is 12.2 Å². The zero-order chi connectivity index (χ0) is 8.27. The molecule has 1 unspecified atom stereocenters. The maximum Gasteiger partial charge on any atom is 0.0370 e. The lowest BCUT2D eigenvalue weighted by Crippen LogP contribution is -2.03. The van der Waals surface area contributed by atoms with Crippen molar-refractivity contribution in [2.24, 2.45) is 11.8 Å². The van der Waals surface area contributed by atoms with Crippen LogP contribution in [0.1, 0.15) is 20.3 Å². The van der Waals surface area contributed by atoms with E-state index in [2.05, 4.69) is 26.0 Å². The molecule has 0 N–H and O–H groups in total. The first-order valence-corrected chi connectivity index (χ1v) is 4.49. The molecule has 60 valence electrons. The second kappa shape index (κ2) is 3.82. The number of hydrogen-bond acceptors (Lipinski definition) is 1. The molecule has 0 aromatic carbocycles. The van der Waals surface area contributed by atoms with Gasteiger partial charge in [-0.3, -0.25) is 0 Å². The van der Waals surface area contributed by atoms with Gasteiger partial charge in [0.2, 0.25) is 0 Å². The van der Waals surface area contributed by atoms with Crippen LogP contribution in [0.3, 0.4) is 0 Å². The van der Waals surface area contributed by atoms with Gasteiger partial charge in [-0.2, -0.15) is 0 Å². The zero-order valence-electron chi connectivity index (χ0n) is 7.08. The molecule has 0 nitrogen and oxygen atoms in total. The molecule has 0 heterocycles. The van der Waals surface area contributed by atoms with E-state index >= 15 is 0 Å². The van der Waals surface area contributed by atoms with E-state index in [0.717, 1.165) is 17.2 Å². The van der Waals surface area contributed by atoms with E-state index in [0.29, 0.717) is 5.92 Å². The van der Waals surface area contributed by atoms with Gasteiger partial charge in [-0.25, -0.2) is 0 Å². The first kappa shape index (κ1) is 8.66. The van der Waals surface area contributed by atoms with Crippen LogP contribution < -0.4 is 0 Å². The summed E-state index contributed by atoms with van der Waals surface area (Å²) in [4.78, 5) is 0.952. The lowest BCUT2D eigenvalue weighted by molar-refractivity contribution is 0.471. The van der Waals surface area contributed by atoms with Gasteiger partial charge in [0.15, 0.2) is 0 Å². The van der Waals surface area contributed by atoms with Crippen LogP contribution >= 0.6 is 12.2 Å². The quantitative estimate of drug-likeness (QED) is 0.539. The molecule has 0 amide bonds. The summed E-state index contributed by atoms with van der Waals surface area (Å²) in [6, 6.07) is 0. The molecule has 0 radical (unpaired) electrons. The Labute approximate surface area is 74.0 Å². The average Bonchev–Trinajstić information content (AvgIpc) is 2.13. The van der Waals surface area contributed by atoms with Crippen molar-refractivity contribution in [1.82, 2.24) is 0 Å². The number of thiocarbonyl (C=S) groups is 1. The maximum absolute atomic E-state index is 5.06. The third kappa shape index (κ3) is 2.58. The highest BCUT2D eigenvalue weighted by molar-refractivity contribution is 7.81. The Balaban J connectivity index is 2.66. The van der Waals surface area contributed by atoms with E-state index in [9.17, 15) is 0 Å². The highest BCUT2D eigenvalue weighted by atomic mass is 32.1. The third-order valence-corrected chi connectivity index (χ3v) is 2.33. The van der Waals surface area contributed by atoms with Crippen LogP contribution in [-0.2, 0) is 0 Å². The number of hydrogen-bond donors (Lipinski definition) is 0. The van der Waals surface area contributed by atoms with E-state index in [-0.39, 0.29) is 0 Å². The van der Waals surface area contributed by atoms with Crippen molar-refractivity contribution in [2.75, 3.05) is 0 Å². The molecule has 0 aliphatic heterocycles. The monoisotopic (exact) mass is 166 g/mol. The maximum atomic E-state index is 5.06. The molecule has 0 fully saturated rings. The Morgan fingerprint density at radius 3 is 2.82 bits per heavy atom. The molecule has 1 aliphatic carbocycles. The molecule has 0 bridgehead atoms. The molecular weight excluding hydrogens is 152 g/mol. The number of rotatable bonds is 1. The lowest BCUT2D eigenvalue weighted by atomic mass is 9.93. The molecule has 1 atom stereocenters. The van der Waals surface area contributed by atoms with Crippen molar-refractivity contribution in [3.05, 3.63) is 24.3 Å². The van der Waals surface area contributed by atoms with E-state index < -0.39 is 0 Å². The fourth-order valence-electron chi connectivity index (χ4n) is 1.19. The molecule has 0 aromatic heterocycles. The van der Waals surface area contributed by atoms with Crippen molar-refractivity contribution in [3.63, 3.8) is 0 Å². The minimum atomic E-state index is 0.673. The summed E-state index contributed by atoms with van der Waals surface area (Å²) in [5.41, 5.74) is 0. The largest absolute Gasteiger partial charge is 0.0825 e. The molecule has 0 spiro atoms. The first-order valence-electron chi connectivity index (χ1n) is 4.09. The van der Waals surface area contributed by atoms with Gasteiger partial charge in [0.05, 0.1) is 0 Å². The third-order valence-electron chi connectivity index (χ3n) is 2.05. The van der Waals surface area contributed by atoms with E-state index in [1.54, 1.807) is 0 Å². The summed E-state index contributed by atoms with van der Waals surface area (Å²) < 4.78 is 0. The zero-order valence-corrected chi connectivity index (χ0v) is 7.90. The van der Waals surface area contributed by atoms with Crippen LogP contribution in [0, 0.1) is 11.8 Å². The summed E-state index contributed by atoms with van der Waals surface area (Å²) in [6.45, 7) is 4.49. The Morgan fingerprint density at radius 2 is 2.18 bits per heavy atom. The smallest absolute Gasteiger partial charge is 0.0370 e. The predicted molar refractivity (Wildman–Crippen MR) is 53.8 cm³/mol. The van der Waals surface area contributed by atoms with E-state index in [1.165, 1.54) is 0 Å². The van der Waals surface area contributed by atoms with Gasteiger partial charge < -0.3 is 0 Å². The highest BCUT2D eigenvalue weighted by Gasteiger charge is 2.09. The molecule has 1 heteroatoms. The molecule has 11 heavy (non-hydrogen) atoms. The topological polar surface area (TPSA) is 0 Å². The highest BCUT2D eigenvalue weighted by Crippen LogP contribution is 2.19. The fourth-order valence-corrected chi connectivity index (χ4v) is 1.36. The van der Waals surface area contributed by atoms with Crippen LogP contribution in [0.25, 0.3) is 0 Å². The average molecular weight is 166 g/mol. The SMILES string of the molecule is CC(C)C1C=CC(=S)C=CC1. The summed E-state index contributed by atoms with van der Waals surface area (Å²) in [5.74, 6) is 1.39. The Kier molecular flexibility index (Phi) is 3.01. The van der Waals surface area contributed by atoms with Gasteiger partial charge in [-0.1, -0.05) is 38.2 Å². The van der Waals surface area contributed by atoms with Crippen LogP contribution in [0.2, 0.25) is 0 Å². The molecule has 0 aromatic rings. The molecule has 0 saturated heterocycles. The second-order valence-corrected chi connectivity index (χ2v) is 3.78. The summed E-state index contributed by atoms with van der Waals surface area (Å²) >= 11 is 5.06. The van der Waals surface area contributed by atoms with Gasteiger partial charge in [0.1, 0.15) is 0 Å². The van der Waals surface area contributed by atoms with E-state index in [1.807, 2.05) is 12.2 Å². The lowest BCUT2D eigenvalue weighted by Gasteiger charge is -2.12. The molecular formula is C10H14S. The minimum Gasteiger partial charge on any atom is -0.0825 e. The van der Waals surface area contributed by atoms with Crippen LogP contribution in [0.5, 0.6) is 0 Å².